The first-order chi connectivity index (χ1) is 10.4. The zero-order chi connectivity index (χ0) is 16.0. The maximum atomic E-state index is 10.0. The van der Waals surface area contributed by atoms with E-state index < -0.39 is 29.3 Å². The molecule has 1 aromatic carbocycles. The third kappa shape index (κ3) is 2.12. The Morgan fingerprint density at radius 1 is 0.864 bits per heavy atom. The molecule has 0 bridgehead atoms. The molecular weight excluding hydrogens is 292 g/mol. The van der Waals surface area contributed by atoms with Crippen LogP contribution in [-0.4, -0.2) is 42.5 Å². The molecule has 1 aromatic rings. The molecule has 0 aromatic heterocycles. The van der Waals surface area contributed by atoms with Crippen molar-refractivity contribution in [2.75, 3.05) is 0 Å². The number of hydrogen-bond donors (Lipinski definition) is 6. The maximum absolute atomic E-state index is 10.0. The van der Waals surface area contributed by atoms with E-state index in [9.17, 15) is 30.6 Å². The van der Waals surface area contributed by atoms with Gasteiger partial charge in [-0.3, -0.25) is 0 Å². The molecule has 0 amide bonds. The van der Waals surface area contributed by atoms with Crippen LogP contribution in [-0.2, 0) is 0 Å². The number of phenols is 3. The molecule has 1 aliphatic carbocycles. The van der Waals surface area contributed by atoms with Gasteiger partial charge in [0.1, 0.15) is 17.4 Å². The molecule has 0 spiro atoms. The number of aliphatic hydroxyl groups is 3. The SMILES string of the molecule is OC1=CC2[O+]=C(c3cc(O)c(O)c(O)c3)C(O)=CC2C(O)=C1. The summed E-state index contributed by atoms with van der Waals surface area (Å²) in [6, 6.07) is 2.22. The molecule has 0 fully saturated rings. The van der Waals surface area contributed by atoms with Gasteiger partial charge in [0.25, 0.3) is 0 Å². The maximum Gasteiger partial charge on any atom is 0.392 e. The van der Waals surface area contributed by atoms with Crippen LogP contribution in [0.25, 0.3) is 0 Å². The molecule has 7 nitrogen and oxygen atoms in total. The van der Waals surface area contributed by atoms with E-state index in [4.69, 9.17) is 4.42 Å². The lowest BCUT2D eigenvalue weighted by Crippen LogP contribution is -2.28. The smallest absolute Gasteiger partial charge is 0.392 e. The average Bonchev–Trinajstić information content (AvgIpc) is 2.44. The molecule has 0 saturated carbocycles. The Hall–Kier alpha value is -3.09. The zero-order valence-electron chi connectivity index (χ0n) is 11.1. The molecule has 1 heterocycles. The Morgan fingerprint density at radius 3 is 2.14 bits per heavy atom. The third-order valence-corrected chi connectivity index (χ3v) is 3.48. The Bertz CT molecular complexity index is 747. The minimum Gasteiger partial charge on any atom is -0.511 e. The second kappa shape index (κ2) is 4.73. The average molecular weight is 305 g/mol. The molecule has 22 heavy (non-hydrogen) atoms. The second-order valence-electron chi connectivity index (χ2n) is 5.01. The van der Waals surface area contributed by atoms with E-state index in [2.05, 4.69) is 0 Å². The summed E-state index contributed by atoms with van der Waals surface area (Å²) in [5, 5.41) is 57.7. The fourth-order valence-electron chi connectivity index (χ4n) is 2.42. The third-order valence-electron chi connectivity index (χ3n) is 3.48. The lowest BCUT2D eigenvalue weighted by molar-refractivity contribution is -0.322. The summed E-state index contributed by atoms with van der Waals surface area (Å²) in [5.41, 5.74) is 0.127. The minimum absolute atomic E-state index is 0.0643. The number of hydrogen-bond acceptors (Lipinski definition) is 6. The Kier molecular flexibility index (Phi) is 2.98. The van der Waals surface area contributed by atoms with Gasteiger partial charge in [0.15, 0.2) is 17.2 Å². The van der Waals surface area contributed by atoms with E-state index in [-0.39, 0.29) is 28.6 Å². The summed E-state index contributed by atoms with van der Waals surface area (Å²) >= 11 is 0. The highest BCUT2D eigenvalue weighted by molar-refractivity contribution is 6.08. The summed E-state index contributed by atoms with van der Waals surface area (Å²) in [4.78, 5) is 0. The molecule has 0 saturated heterocycles. The Balaban J connectivity index is 2.08. The Morgan fingerprint density at radius 2 is 1.50 bits per heavy atom. The van der Waals surface area contributed by atoms with Crippen LogP contribution in [0.3, 0.4) is 0 Å². The summed E-state index contributed by atoms with van der Waals surface area (Å²) in [5.74, 6) is -3.20. The molecule has 2 atom stereocenters. The van der Waals surface area contributed by atoms with Gasteiger partial charge < -0.3 is 30.6 Å². The fraction of sp³-hybridized carbons (Fsp3) is 0.133. The van der Waals surface area contributed by atoms with Crippen LogP contribution < -0.4 is 0 Å². The van der Waals surface area contributed by atoms with Crippen molar-refractivity contribution in [3.05, 3.63) is 53.2 Å². The number of phenolic OH excluding ortho intramolecular Hbond substituents is 3. The molecule has 2 unspecified atom stereocenters. The lowest BCUT2D eigenvalue weighted by Gasteiger charge is -2.18. The van der Waals surface area contributed by atoms with Gasteiger partial charge in [0, 0.05) is 18.2 Å². The van der Waals surface area contributed by atoms with E-state index in [1.54, 1.807) is 0 Å². The molecule has 3 rings (SSSR count). The molecule has 7 heteroatoms. The van der Waals surface area contributed by atoms with Crippen LogP contribution in [0.4, 0.5) is 0 Å². The normalized spacial score (nSPS) is 23.8. The largest absolute Gasteiger partial charge is 0.511 e. The van der Waals surface area contributed by atoms with E-state index in [1.807, 2.05) is 0 Å². The van der Waals surface area contributed by atoms with Gasteiger partial charge in [-0.25, -0.2) is 4.42 Å². The first-order valence-corrected chi connectivity index (χ1v) is 6.38. The van der Waals surface area contributed by atoms with E-state index in [0.717, 1.165) is 18.2 Å². The van der Waals surface area contributed by atoms with Crippen molar-refractivity contribution in [1.29, 1.82) is 0 Å². The van der Waals surface area contributed by atoms with Crippen LogP contribution in [0.2, 0.25) is 0 Å². The first kappa shape index (κ1) is 13.9. The van der Waals surface area contributed by atoms with E-state index in [1.165, 1.54) is 12.2 Å². The van der Waals surface area contributed by atoms with Crippen LogP contribution in [0.15, 0.2) is 47.6 Å². The van der Waals surface area contributed by atoms with Gasteiger partial charge in [-0.05, 0) is 6.08 Å². The van der Waals surface area contributed by atoms with Crippen LogP contribution in [0.1, 0.15) is 9.99 Å². The quantitative estimate of drug-likeness (QED) is 0.346. The van der Waals surface area contributed by atoms with Crippen molar-refractivity contribution >= 4 is 5.78 Å². The standard InChI is InChI=1S/C15H12O7/c16-7-3-9(17)8-5-12(20)15(22-13(8)4-7)6-1-10(18)14(21)11(19)2-6/h1-5,8,13H,(H5-,16,17,18,19,20,21)/p+1. The molecule has 2 aliphatic rings. The van der Waals surface area contributed by atoms with Gasteiger partial charge in [0.05, 0.1) is 11.6 Å². The molecule has 114 valence electrons. The monoisotopic (exact) mass is 305 g/mol. The zero-order valence-corrected chi connectivity index (χ0v) is 11.1. The van der Waals surface area contributed by atoms with Crippen molar-refractivity contribution < 1.29 is 35.1 Å². The molecule has 1 aliphatic heterocycles. The summed E-state index contributed by atoms with van der Waals surface area (Å²) < 4.78 is 5.54. The van der Waals surface area contributed by atoms with Gasteiger partial charge in [0.2, 0.25) is 5.76 Å². The number of rotatable bonds is 1. The van der Waals surface area contributed by atoms with E-state index in [0.29, 0.717) is 0 Å². The van der Waals surface area contributed by atoms with Crippen molar-refractivity contribution in [1.82, 2.24) is 0 Å². The predicted molar refractivity (Wildman–Crippen MR) is 75.2 cm³/mol. The van der Waals surface area contributed by atoms with Gasteiger partial charge in [-0.15, -0.1) is 0 Å². The van der Waals surface area contributed by atoms with Gasteiger partial charge in [-0.2, -0.15) is 0 Å². The molecule has 0 radical (unpaired) electrons. The summed E-state index contributed by atoms with van der Waals surface area (Å²) in [6.07, 6.45) is 3.08. The summed E-state index contributed by atoms with van der Waals surface area (Å²) in [7, 11) is 0. The van der Waals surface area contributed by atoms with Crippen molar-refractivity contribution in [2.24, 2.45) is 5.92 Å². The number of aliphatic hydroxyl groups excluding tert-OH is 3. The van der Waals surface area contributed by atoms with Crippen LogP contribution >= 0.6 is 0 Å². The minimum atomic E-state index is -0.756. The van der Waals surface area contributed by atoms with Crippen molar-refractivity contribution in [3.63, 3.8) is 0 Å². The number of benzene rings is 1. The topological polar surface area (TPSA) is 133 Å². The fourth-order valence-corrected chi connectivity index (χ4v) is 2.42. The van der Waals surface area contributed by atoms with Gasteiger partial charge in [-0.1, -0.05) is 0 Å². The van der Waals surface area contributed by atoms with E-state index >= 15 is 0 Å². The molecular formula is C15H13O7+. The lowest BCUT2D eigenvalue weighted by atomic mass is 9.91. The number of fused-ring (bicyclic) bond motifs is 1. The van der Waals surface area contributed by atoms with Crippen LogP contribution in [0, 0.1) is 5.92 Å². The van der Waals surface area contributed by atoms with Crippen molar-refractivity contribution in [2.45, 2.75) is 6.10 Å². The highest BCUT2D eigenvalue weighted by atomic mass is 16.4. The highest BCUT2D eigenvalue weighted by Gasteiger charge is 2.41. The first-order valence-electron chi connectivity index (χ1n) is 6.38. The number of allylic oxidation sites excluding steroid dienone is 2. The number of aromatic hydroxyl groups is 3. The van der Waals surface area contributed by atoms with Crippen LogP contribution in [0.5, 0.6) is 17.2 Å². The second-order valence-corrected chi connectivity index (χ2v) is 5.01. The Labute approximate surface area is 124 Å². The molecule has 6 N–H and O–H groups in total. The predicted octanol–water partition coefficient (Wildman–Crippen LogP) is 1.86. The van der Waals surface area contributed by atoms with Crippen molar-refractivity contribution in [3.8, 4) is 17.2 Å². The number of ketones is 1. The summed E-state index contributed by atoms with van der Waals surface area (Å²) in [6.45, 7) is 0. The van der Waals surface area contributed by atoms with Gasteiger partial charge >= 0.3 is 11.9 Å². The number of carbonyl (C=O) groups excluding carboxylic acids is 1. The highest BCUT2D eigenvalue weighted by Crippen LogP contribution is 2.37.